The summed E-state index contributed by atoms with van der Waals surface area (Å²) < 4.78 is 1.69. The Morgan fingerprint density at radius 2 is 1.67 bits per heavy atom. The minimum absolute atomic E-state index is 0.0830. The molecule has 1 amide bonds. The van der Waals surface area contributed by atoms with E-state index < -0.39 is 24.0 Å². The smallest absolute Gasteiger partial charge is 0.334 e. The molecule has 42 heavy (non-hydrogen) atoms. The number of nitrogens with zero attached hydrogens (tertiary/aromatic N) is 6. The van der Waals surface area contributed by atoms with E-state index in [9.17, 15) is 19.8 Å². The van der Waals surface area contributed by atoms with Gasteiger partial charge in [-0.3, -0.25) is 4.79 Å². The number of benzene rings is 3. The van der Waals surface area contributed by atoms with Crippen LogP contribution in [0, 0.1) is 0 Å². The maximum atomic E-state index is 13.2. The van der Waals surface area contributed by atoms with Gasteiger partial charge in [0.2, 0.25) is 5.82 Å². The van der Waals surface area contributed by atoms with Crippen LogP contribution in [0.1, 0.15) is 40.9 Å². The summed E-state index contributed by atoms with van der Waals surface area (Å²) in [6, 6.07) is 23.8. The van der Waals surface area contributed by atoms with Gasteiger partial charge in [0.15, 0.2) is 11.9 Å². The van der Waals surface area contributed by atoms with Crippen LogP contribution in [-0.2, 0) is 24.2 Å². The number of aliphatic carboxylic acids is 1. The van der Waals surface area contributed by atoms with E-state index in [1.54, 1.807) is 28.9 Å². The largest absolute Gasteiger partial charge is 0.479 e. The van der Waals surface area contributed by atoms with E-state index in [-0.39, 0.29) is 12.2 Å². The van der Waals surface area contributed by atoms with Crippen LogP contribution in [0.15, 0.2) is 78.9 Å². The first kappa shape index (κ1) is 28.3. The van der Waals surface area contributed by atoms with Gasteiger partial charge in [-0.25, -0.2) is 19.6 Å². The number of carbonyl (C=O) groups is 2. The Morgan fingerprint density at radius 3 is 2.33 bits per heavy atom. The summed E-state index contributed by atoms with van der Waals surface area (Å²) in [6.07, 6.45) is -0.460. The Labute approximate surface area is 241 Å². The molecule has 5 rings (SSSR count). The molecule has 0 aliphatic heterocycles. The average molecular weight is 567 g/mol. The van der Waals surface area contributed by atoms with Gasteiger partial charge < -0.3 is 15.5 Å². The average Bonchev–Trinajstić information content (AvgIpc) is 3.68. The molecule has 12 nitrogen and oxygen atoms in total. The number of aliphatic hydroxyl groups excluding tert-OH is 1. The first-order valence-electron chi connectivity index (χ1n) is 13.5. The van der Waals surface area contributed by atoms with Gasteiger partial charge in [-0.2, -0.15) is 0 Å². The summed E-state index contributed by atoms with van der Waals surface area (Å²) in [5.41, 5.74) is 4.59. The van der Waals surface area contributed by atoms with Crippen molar-refractivity contribution in [2.75, 3.05) is 0 Å². The third kappa shape index (κ3) is 6.56. The van der Waals surface area contributed by atoms with Gasteiger partial charge in [0, 0.05) is 18.5 Å². The van der Waals surface area contributed by atoms with Gasteiger partial charge in [0.1, 0.15) is 5.82 Å². The van der Waals surface area contributed by atoms with Gasteiger partial charge >= 0.3 is 5.97 Å². The summed E-state index contributed by atoms with van der Waals surface area (Å²) in [7, 11) is 0. The minimum Gasteiger partial charge on any atom is -0.479 e. The molecule has 0 spiro atoms. The minimum atomic E-state index is -1.80. The number of carbonyl (C=O) groups excluding carboxylic acids is 1. The second-order valence-electron chi connectivity index (χ2n) is 9.80. The van der Waals surface area contributed by atoms with Crippen molar-refractivity contribution in [3.05, 3.63) is 102 Å². The molecular formula is C30H30N8O4. The van der Waals surface area contributed by atoms with Crippen molar-refractivity contribution in [3.8, 4) is 22.5 Å². The van der Waals surface area contributed by atoms with Crippen molar-refractivity contribution in [1.29, 1.82) is 0 Å². The Morgan fingerprint density at radius 1 is 0.952 bits per heavy atom. The van der Waals surface area contributed by atoms with E-state index in [1.165, 1.54) is 0 Å². The molecule has 214 valence electrons. The molecule has 3 aromatic carbocycles. The van der Waals surface area contributed by atoms with E-state index in [2.05, 4.69) is 36.0 Å². The highest BCUT2D eigenvalue weighted by atomic mass is 16.4. The number of nitrogens with one attached hydrogen (secondary N) is 2. The molecule has 2 atom stereocenters. The number of aromatic nitrogens is 7. The first-order chi connectivity index (χ1) is 20.4. The van der Waals surface area contributed by atoms with Crippen molar-refractivity contribution >= 4 is 11.9 Å². The predicted octanol–water partition coefficient (Wildman–Crippen LogP) is 2.91. The quantitative estimate of drug-likeness (QED) is 0.177. The number of hydrogen-bond acceptors (Lipinski definition) is 8. The van der Waals surface area contributed by atoms with Crippen LogP contribution in [0.2, 0.25) is 0 Å². The third-order valence-electron chi connectivity index (χ3n) is 6.79. The summed E-state index contributed by atoms with van der Waals surface area (Å²) in [4.78, 5) is 29.2. The van der Waals surface area contributed by atoms with E-state index in [0.717, 1.165) is 34.2 Å². The lowest BCUT2D eigenvalue weighted by atomic mass is 9.98. The topological polar surface area (TPSA) is 172 Å². The molecule has 2 unspecified atom stereocenters. The first-order valence-corrected chi connectivity index (χ1v) is 13.5. The molecule has 2 aromatic heterocycles. The highest BCUT2D eigenvalue weighted by Gasteiger charge is 2.29. The molecule has 0 aliphatic rings. The number of amides is 1. The molecule has 0 radical (unpaired) electrons. The number of rotatable bonds is 12. The lowest BCUT2D eigenvalue weighted by molar-refractivity contribution is -0.148. The molecule has 0 saturated carbocycles. The number of H-pyrrole nitrogens is 1. The second kappa shape index (κ2) is 13.0. The summed E-state index contributed by atoms with van der Waals surface area (Å²) in [5, 5.41) is 40.9. The number of hydrogen-bond donors (Lipinski definition) is 4. The fourth-order valence-corrected chi connectivity index (χ4v) is 4.71. The number of aromatic amines is 1. The van der Waals surface area contributed by atoms with E-state index in [1.807, 2.05) is 61.5 Å². The van der Waals surface area contributed by atoms with Crippen molar-refractivity contribution < 1.29 is 19.8 Å². The monoisotopic (exact) mass is 566 g/mol. The van der Waals surface area contributed by atoms with Gasteiger partial charge in [-0.15, -0.1) is 10.2 Å². The van der Waals surface area contributed by atoms with Crippen molar-refractivity contribution in [2.24, 2.45) is 0 Å². The van der Waals surface area contributed by atoms with Crippen LogP contribution >= 0.6 is 0 Å². The number of tetrazole rings is 1. The third-order valence-corrected chi connectivity index (χ3v) is 6.79. The fraction of sp³-hybridized carbons (Fsp3) is 0.233. The zero-order valence-electron chi connectivity index (χ0n) is 22.9. The maximum absolute atomic E-state index is 13.2. The summed E-state index contributed by atoms with van der Waals surface area (Å²) >= 11 is 0. The standard InChI is InChI=1S/C30H30N8O4/c1-2-16-38-25(18-20-12-14-21(15-13-20)22-10-6-7-11-23(22)27-33-36-37-34-27)32-28(35-38)29(40)31-24(26(39)30(41)42)17-19-8-4-3-5-9-19/h3-15,24,26,39H,2,16-18H2,1H3,(H,31,40)(H,41,42)(H,33,34,36,37). The van der Waals surface area contributed by atoms with E-state index in [0.29, 0.717) is 24.6 Å². The molecule has 4 N–H and O–H groups in total. The Kier molecular flexibility index (Phi) is 8.73. The molecule has 12 heteroatoms. The number of aliphatic hydroxyl groups is 1. The summed E-state index contributed by atoms with van der Waals surface area (Å²) in [5.74, 6) is -0.984. The van der Waals surface area contributed by atoms with Crippen LogP contribution in [0.3, 0.4) is 0 Å². The van der Waals surface area contributed by atoms with Crippen LogP contribution in [0.4, 0.5) is 0 Å². The SMILES string of the molecule is CCCn1nc(C(=O)NC(Cc2ccccc2)C(O)C(=O)O)nc1Cc1ccc(-c2ccccc2-c2nnn[nH]2)cc1. The van der Waals surface area contributed by atoms with Crippen LogP contribution < -0.4 is 5.32 Å². The second-order valence-corrected chi connectivity index (χ2v) is 9.80. The van der Waals surface area contributed by atoms with Crippen LogP contribution in [0.5, 0.6) is 0 Å². The zero-order chi connectivity index (χ0) is 29.5. The van der Waals surface area contributed by atoms with E-state index >= 15 is 0 Å². The Bertz CT molecular complexity index is 1640. The Balaban J connectivity index is 1.34. The number of carboxylic acids is 1. The fourth-order valence-electron chi connectivity index (χ4n) is 4.71. The lowest BCUT2D eigenvalue weighted by Gasteiger charge is -2.21. The molecule has 5 aromatic rings. The maximum Gasteiger partial charge on any atom is 0.334 e. The molecule has 2 heterocycles. The predicted molar refractivity (Wildman–Crippen MR) is 153 cm³/mol. The van der Waals surface area contributed by atoms with Gasteiger partial charge in [-0.1, -0.05) is 85.8 Å². The summed E-state index contributed by atoms with van der Waals surface area (Å²) in [6.45, 7) is 2.55. The van der Waals surface area contributed by atoms with Crippen LogP contribution in [0.25, 0.3) is 22.5 Å². The highest BCUT2D eigenvalue weighted by Crippen LogP contribution is 2.30. The molecular weight excluding hydrogens is 536 g/mol. The molecule has 0 bridgehead atoms. The molecule has 0 saturated heterocycles. The normalized spacial score (nSPS) is 12.5. The number of carboxylic acid groups (broad SMARTS) is 1. The van der Waals surface area contributed by atoms with Gasteiger partial charge in [0.25, 0.3) is 5.91 Å². The number of aryl methyl sites for hydroxylation is 1. The van der Waals surface area contributed by atoms with Crippen LogP contribution in [-0.4, -0.2) is 69.6 Å². The highest BCUT2D eigenvalue weighted by molar-refractivity contribution is 5.91. The van der Waals surface area contributed by atoms with Crippen molar-refractivity contribution in [3.63, 3.8) is 0 Å². The van der Waals surface area contributed by atoms with E-state index in [4.69, 9.17) is 0 Å². The van der Waals surface area contributed by atoms with Gasteiger partial charge in [-0.05, 0) is 45.5 Å². The zero-order valence-corrected chi connectivity index (χ0v) is 22.9. The molecule has 0 aliphatic carbocycles. The van der Waals surface area contributed by atoms with Crippen molar-refractivity contribution in [2.45, 2.75) is 44.9 Å². The van der Waals surface area contributed by atoms with Gasteiger partial charge in [0.05, 0.1) is 6.04 Å². The van der Waals surface area contributed by atoms with Crippen molar-refractivity contribution in [1.82, 2.24) is 40.7 Å². The lowest BCUT2D eigenvalue weighted by Crippen LogP contribution is -2.48. The molecule has 0 fully saturated rings. The Hall–Kier alpha value is -5.23.